The van der Waals surface area contributed by atoms with Gasteiger partial charge in [-0.2, -0.15) is 0 Å². The van der Waals surface area contributed by atoms with Gasteiger partial charge in [0.15, 0.2) is 0 Å². The van der Waals surface area contributed by atoms with Crippen LogP contribution in [-0.4, -0.2) is 28.6 Å². The molecule has 0 aliphatic rings. The fraction of sp³-hybridized carbons (Fsp3) is 0.394. The number of aromatic nitrogens is 2. The summed E-state index contributed by atoms with van der Waals surface area (Å²) in [4.78, 5) is 17.1. The van der Waals surface area contributed by atoms with Crippen molar-refractivity contribution < 1.29 is 13.9 Å². The number of nitrogens with one attached hydrogen (secondary N) is 1. The van der Waals surface area contributed by atoms with Crippen LogP contribution in [0.15, 0.2) is 72.8 Å². The van der Waals surface area contributed by atoms with Gasteiger partial charge < -0.3 is 14.6 Å². The number of nitrogens with zero attached hydrogens (tertiary/aromatic N) is 2. The fourth-order valence-electron chi connectivity index (χ4n) is 4.67. The Morgan fingerprint density at radius 2 is 1.64 bits per heavy atom. The highest BCUT2D eigenvalue weighted by atomic mass is 19.1. The van der Waals surface area contributed by atoms with Gasteiger partial charge in [0.05, 0.1) is 17.6 Å². The topological polar surface area (TPSA) is 56.1 Å². The standard InChI is InChI=1S/C33H40FN3O2/c1-33(2,3)26-16-20-28(21-17-26)39-24-10-9-23-37-30-12-7-6-11-29(30)36-31(37)13-5-4-8-22-35-32(38)25-14-18-27(34)19-15-25/h6-7,11-12,14-21H,4-5,8-10,13,22-24H2,1-3H3,(H,35,38). The molecule has 206 valence electrons. The summed E-state index contributed by atoms with van der Waals surface area (Å²) in [5, 5.41) is 2.92. The zero-order valence-electron chi connectivity index (χ0n) is 23.4. The molecule has 4 aromatic rings. The summed E-state index contributed by atoms with van der Waals surface area (Å²) in [6, 6.07) is 22.4. The zero-order valence-corrected chi connectivity index (χ0v) is 23.4. The lowest BCUT2D eigenvalue weighted by Crippen LogP contribution is -2.24. The second-order valence-electron chi connectivity index (χ2n) is 11.1. The first kappa shape index (κ1) is 28.3. The first-order valence-corrected chi connectivity index (χ1v) is 14.0. The number of hydrogen-bond donors (Lipinski definition) is 1. The summed E-state index contributed by atoms with van der Waals surface area (Å²) < 4.78 is 21.4. The van der Waals surface area contributed by atoms with Crippen molar-refractivity contribution in [3.8, 4) is 5.75 Å². The maximum absolute atomic E-state index is 13.0. The summed E-state index contributed by atoms with van der Waals surface area (Å²) in [7, 11) is 0. The van der Waals surface area contributed by atoms with Gasteiger partial charge in [-0.1, -0.05) is 51.5 Å². The average molecular weight is 530 g/mol. The van der Waals surface area contributed by atoms with Crippen LogP contribution in [0, 0.1) is 5.82 Å². The van der Waals surface area contributed by atoms with E-state index in [0.717, 1.165) is 62.2 Å². The molecule has 0 spiro atoms. The molecule has 0 bridgehead atoms. The number of benzene rings is 3. The van der Waals surface area contributed by atoms with E-state index >= 15 is 0 Å². The number of amides is 1. The van der Waals surface area contributed by atoms with E-state index in [4.69, 9.17) is 9.72 Å². The molecule has 3 aromatic carbocycles. The molecule has 0 atom stereocenters. The van der Waals surface area contributed by atoms with Crippen LogP contribution in [0.5, 0.6) is 5.75 Å². The Hall–Kier alpha value is -3.67. The number of ether oxygens (including phenoxy) is 1. The van der Waals surface area contributed by atoms with Crippen LogP contribution in [-0.2, 0) is 18.4 Å². The van der Waals surface area contributed by atoms with Crippen LogP contribution in [0.25, 0.3) is 11.0 Å². The molecule has 0 unspecified atom stereocenters. The van der Waals surface area contributed by atoms with Gasteiger partial charge in [0.1, 0.15) is 17.4 Å². The average Bonchev–Trinajstić information content (AvgIpc) is 3.27. The Morgan fingerprint density at radius 3 is 2.38 bits per heavy atom. The highest BCUT2D eigenvalue weighted by molar-refractivity contribution is 5.94. The van der Waals surface area contributed by atoms with Crippen molar-refractivity contribution in [2.24, 2.45) is 0 Å². The van der Waals surface area contributed by atoms with Crippen LogP contribution < -0.4 is 10.1 Å². The first-order chi connectivity index (χ1) is 18.8. The Bertz CT molecular complexity index is 1340. The molecule has 5 nitrogen and oxygen atoms in total. The smallest absolute Gasteiger partial charge is 0.251 e. The van der Waals surface area contributed by atoms with Gasteiger partial charge in [0.2, 0.25) is 0 Å². The highest BCUT2D eigenvalue weighted by Crippen LogP contribution is 2.24. The highest BCUT2D eigenvalue weighted by Gasteiger charge is 2.13. The third-order valence-electron chi connectivity index (χ3n) is 6.97. The molecule has 0 saturated heterocycles. The summed E-state index contributed by atoms with van der Waals surface area (Å²) in [6.07, 6.45) is 5.78. The minimum Gasteiger partial charge on any atom is -0.494 e. The van der Waals surface area contributed by atoms with Crippen LogP contribution in [0.1, 0.15) is 74.6 Å². The molecule has 1 aromatic heterocycles. The van der Waals surface area contributed by atoms with Gasteiger partial charge >= 0.3 is 0 Å². The molecule has 0 radical (unpaired) electrons. The van der Waals surface area contributed by atoms with E-state index in [2.05, 4.69) is 73.1 Å². The number of carbonyl (C=O) groups excluding carboxylic acids is 1. The third-order valence-corrected chi connectivity index (χ3v) is 6.97. The number of hydrogen-bond acceptors (Lipinski definition) is 3. The molecular weight excluding hydrogens is 489 g/mol. The van der Waals surface area contributed by atoms with Gasteiger partial charge in [-0.25, -0.2) is 9.37 Å². The lowest BCUT2D eigenvalue weighted by Gasteiger charge is -2.19. The van der Waals surface area contributed by atoms with E-state index in [1.165, 1.54) is 35.3 Å². The molecule has 0 aliphatic carbocycles. The van der Waals surface area contributed by atoms with Crippen molar-refractivity contribution in [1.82, 2.24) is 14.9 Å². The number of unbranched alkanes of at least 4 members (excludes halogenated alkanes) is 3. The Kier molecular flexibility index (Phi) is 9.74. The van der Waals surface area contributed by atoms with Crippen molar-refractivity contribution >= 4 is 16.9 Å². The van der Waals surface area contributed by atoms with E-state index in [1.54, 1.807) is 0 Å². The van der Waals surface area contributed by atoms with E-state index in [-0.39, 0.29) is 17.1 Å². The zero-order chi connectivity index (χ0) is 27.7. The van der Waals surface area contributed by atoms with Crippen molar-refractivity contribution in [2.45, 2.75) is 71.3 Å². The predicted molar refractivity (Wildman–Crippen MR) is 156 cm³/mol. The number of carbonyl (C=O) groups is 1. The number of halogens is 1. The Balaban J connectivity index is 1.21. The SMILES string of the molecule is CC(C)(C)c1ccc(OCCCCn2c(CCCCCNC(=O)c3ccc(F)cc3)nc3ccccc32)cc1. The van der Waals surface area contributed by atoms with E-state index in [1.807, 2.05) is 6.07 Å². The lowest BCUT2D eigenvalue weighted by atomic mass is 9.87. The number of rotatable bonds is 13. The van der Waals surface area contributed by atoms with Gasteiger partial charge in [0.25, 0.3) is 5.91 Å². The van der Waals surface area contributed by atoms with Crippen molar-refractivity contribution in [1.29, 1.82) is 0 Å². The Morgan fingerprint density at radius 1 is 0.897 bits per heavy atom. The Labute approximate surface area is 231 Å². The molecule has 1 amide bonds. The number of fused-ring (bicyclic) bond motifs is 1. The van der Waals surface area contributed by atoms with Gasteiger partial charge in [-0.3, -0.25) is 4.79 Å². The predicted octanol–water partition coefficient (Wildman–Crippen LogP) is 7.47. The summed E-state index contributed by atoms with van der Waals surface area (Å²) >= 11 is 0. The minimum atomic E-state index is -0.340. The molecular formula is C33H40FN3O2. The summed E-state index contributed by atoms with van der Waals surface area (Å²) in [5.74, 6) is 1.53. The summed E-state index contributed by atoms with van der Waals surface area (Å²) in [5.41, 5.74) is 4.15. The van der Waals surface area contributed by atoms with Crippen molar-refractivity contribution in [3.63, 3.8) is 0 Å². The quantitative estimate of drug-likeness (QED) is 0.183. The van der Waals surface area contributed by atoms with Gasteiger partial charge in [-0.05, 0) is 85.2 Å². The lowest BCUT2D eigenvalue weighted by molar-refractivity contribution is 0.0953. The molecule has 1 heterocycles. The minimum absolute atomic E-state index is 0.144. The molecule has 4 rings (SSSR count). The van der Waals surface area contributed by atoms with Crippen molar-refractivity contribution in [3.05, 3.63) is 95.6 Å². The van der Waals surface area contributed by atoms with E-state index in [9.17, 15) is 9.18 Å². The monoisotopic (exact) mass is 529 g/mol. The fourth-order valence-corrected chi connectivity index (χ4v) is 4.67. The number of imidazole rings is 1. The molecule has 39 heavy (non-hydrogen) atoms. The molecule has 1 N–H and O–H groups in total. The maximum Gasteiger partial charge on any atom is 0.251 e. The third kappa shape index (κ3) is 8.16. The molecule has 0 aliphatic heterocycles. The summed E-state index contributed by atoms with van der Waals surface area (Å²) in [6.45, 7) is 8.86. The van der Waals surface area contributed by atoms with Crippen LogP contribution in [0.4, 0.5) is 4.39 Å². The second-order valence-corrected chi connectivity index (χ2v) is 11.1. The van der Waals surface area contributed by atoms with Gasteiger partial charge in [0, 0.05) is 25.1 Å². The van der Waals surface area contributed by atoms with Gasteiger partial charge in [-0.15, -0.1) is 0 Å². The normalized spacial score (nSPS) is 11.6. The second kappa shape index (κ2) is 13.4. The largest absolute Gasteiger partial charge is 0.494 e. The number of aryl methyl sites for hydroxylation is 2. The maximum atomic E-state index is 13.0. The number of para-hydroxylation sites is 2. The van der Waals surface area contributed by atoms with Crippen molar-refractivity contribution in [2.75, 3.05) is 13.2 Å². The molecule has 6 heteroatoms. The van der Waals surface area contributed by atoms with Crippen LogP contribution in [0.3, 0.4) is 0 Å². The van der Waals surface area contributed by atoms with Crippen LogP contribution in [0.2, 0.25) is 0 Å². The molecule has 0 saturated carbocycles. The first-order valence-electron chi connectivity index (χ1n) is 14.0. The van der Waals surface area contributed by atoms with E-state index in [0.29, 0.717) is 18.7 Å². The van der Waals surface area contributed by atoms with Crippen LogP contribution >= 0.6 is 0 Å². The van der Waals surface area contributed by atoms with E-state index < -0.39 is 0 Å². The molecule has 0 fully saturated rings.